The van der Waals surface area contributed by atoms with Crippen LogP contribution in [0.3, 0.4) is 0 Å². The van der Waals surface area contributed by atoms with Crippen LogP contribution in [0.25, 0.3) is 10.9 Å². The fraction of sp³-hybridized carbons (Fsp3) is 0.231. The summed E-state index contributed by atoms with van der Waals surface area (Å²) in [5.74, 6) is 0. The molecule has 2 rings (SSSR count). The molecule has 5 nitrogen and oxygen atoms in total. The van der Waals surface area contributed by atoms with Crippen LogP contribution in [-0.2, 0) is 6.54 Å². The summed E-state index contributed by atoms with van der Waals surface area (Å²) in [6.45, 7) is 1.87. The van der Waals surface area contributed by atoms with E-state index in [9.17, 15) is 4.79 Å². The summed E-state index contributed by atoms with van der Waals surface area (Å²) in [7, 11) is 0. The van der Waals surface area contributed by atoms with Gasteiger partial charge >= 0.3 is 6.03 Å². The molecular formula is C13H15BrN4O. The number of pyridine rings is 1. The Labute approximate surface area is 119 Å². The van der Waals surface area contributed by atoms with E-state index in [-0.39, 0.29) is 0 Å². The van der Waals surface area contributed by atoms with E-state index < -0.39 is 6.03 Å². The van der Waals surface area contributed by atoms with Gasteiger partial charge in [-0.25, -0.2) is 4.79 Å². The molecule has 2 amide bonds. The van der Waals surface area contributed by atoms with Crippen molar-refractivity contribution in [1.29, 1.82) is 0 Å². The smallest absolute Gasteiger partial charge is 0.312 e. The Morgan fingerprint density at radius 1 is 1.32 bits per heavy atom. The molecule has 0 saturated heterocycles. The summed E-state index contributed by atoms with van der Waals surface area (Å²) in [4.78, 5) is 14.9. The summed E-state index contributed by atoms with van der Waals surface area (Å²) < 4.78 is 1.04. The van der Waals surface area contributed by atoms with Crippen molar-refractivity contribution in [3.63, 3.8) is 0 Å². The Bertz CT molecular complexity index is 588. The Morgan fingerprint density at radius 3 is 2.95 bits per heavy atom. The number of aromatic nitrogens is 1. The fourth-order valence-corrected chi connectivity index (χ4v) is 2.29. The van der Waals surface area contributed by atoms with Gasteiger partial charge in [0.15, 0.2) is 0 Å². The molecule has 0 unspecified atom stereocenters. The number of hydrogen-bond donors (Lipinski definition) is 3. The molecule has 0 bridgehead atoms. The number of carbonyl (C=O) groups excluding carboxylic acids is 1. The zero-order chi connectivity index (χ0) is 13.7. The molecule has 0 radical (unpaired) electrons. The predicted molar refractivity (Wildman–Crippen MR) is 78.7 cm³/mol. The molecule has 0 aliphatic rings. The first kappa shape index (κ1) is 13.8. The van der Waals surface area contributed by atoms with Crippen molar-refractivity contribution < 1.29 is 4.79 Å². The summed E-state index contributed by atoms with van der Waals surface area (Å²) in [6, 6.07) is 7.50. The van der Waals surface area contributed by atoms with E-state index in [2.05, 4.69) is 31.5 Å². The van der Waals surface area contributed by atoms with Crippen molar-refractivity contribution in [3.05, 3.63) is 40.5 Å². The van der Waals surface area contributed by atoms with Crippen molar-refractivity contribution in [1.82, 2.24) is 15.6 Å². The van der Waals surface area contributed by atoms with Crippen molar-refractivity contribution in [2.75, 3.05) is 13.1 Å². The molecule has 1 heterocycles. The van der Waals surface area contributed by atoms with Gasteiger partial charge in [-0.3, -0.25) is 4.98 Å². The molecule has 19 heavy (non-hydrogen) atoms. The van der Waals surface area contributed by atoms with E-state index in [1.54, 1.807) is 6.20 Å². The number of fused-ring (bicyclic) bond motifs is 1. The van der Waals surface area contributed by atoms with Crippen molar-refractivity contribution >= 4 is 32.9 Å². The van der Waals surface area contributed by atoms with E-state index in [0.29, 0.717) is 19.6 Å². The quantitative estimate of drug-likeness (QED) is 0.734. The monoisotopic (exact) mass is 322 g/mol. The Balaban J connectivity index is 2.01. The molecule has 2 aromatic rings. The van der Waals surface area contributed by atoms with Gasteiger partial charge in [-0.2, -0.15) is 0 Å². The summed E-state index contributed by atoms with van der Waals surface area (Å²) in [5.41, 5.74) is 7.09. The lowest BCUT2D eigenvalue weighted by atomic mass is 10.1. The van der Waals surface area contributed by atoms with Crippen LogP contribution >= 0.6 is 15.9 Å². The number of hydrogen-bond acceptors (Lipinski definition) is 3. The number of carbonyl (C=O) groups is 1. The van der Waals surface area contributed by atoms with Gasteiger partial charge in [-0.05, 0) is 17.7 Å². The van der Waals surface area contributed by atoms with Crippen LogP contribution in [0.2, 0.25) is 0 Å². The average molecular weight is 323 g/mol. The molecule has 0 aliphatic carbocycles. The maximum Gasteiger partial charge on any atom is 0.312 e. The summed E-state index contributed by atoms with van der Waals surface area (Å²) >= 11 is 3.52. The molecule has 0 atom stereocenters. The number of nitrogens with two attached hydrogens (primary N) is 1. The lowest BCUT2D eigenvalue weighted by molar-refractivity contribution is 0.249. The lowest BCUT2D eigenvalue weighted by Gasteiger charge is -2.09. The normalized spacial score (nSPS) is 10.6. The van der Waals surface area contributed by atoms with Gasteiger partial charge in [0.25, 0.3) is 0 Å². The predicted octanol–water partition coefficient (Wildman–Crippen LogP) is 1.76. The minimum atomic E-state index is -0.502. The van der Waals surface area contributed by atoms with Gasteiger partial charge in [0.1, 0.15) is 0 Å². The van der Waals surface area contributed by atoms with Gasteiger partial charge < -0.3 is 16.4 Å². The first-order valence-corrected chi connectivity index (χ1v) is 6.74. The molecule has 1 aromatic carbocycles. The SMILES string of the molecule is NC(=O)NCCNCc1ccc(Br)c2cccnc12. The molecule has 6 heteroatoms. The topological polar surface area (TPSA) is 80.0 Å². The first-order chi connectivity index (χ1) is 9.18. The van der Waals surface area contributed by atoms with E-state index in [4.69, 9.17) is 5.73 Å². The van der Waals surface area contributed by atoms with Crippen molar-refractivity contribution in [2.45, 2.75) is 6.54 Å². The zero-order valence-corrected chi connectivity index (χ0v) is 11.9. The van der Waals surface area contributed by atoms with Crippen LogP contribution in [0.5, 0.6) is 0 Å². The standard InChI is InChI=1S/C13H15BrN4O/c14-11-4-3-9(8-16-6-7-18-13(15)19)12-10(11)2-1-5-17-12/h1-5,16H,6-8H2,(H3,15,18,19). The molecule has 0 fully saturated rings. The highest BCUT2D eigenvalue weighted by molar-refractivity contribution is 9.10. The summed E-state index contributed by atoms with van der Waals surface area (Å²) in [6.07, 6.45) is 1.78. The fourth-order valence-electron chi connectivity index (χ4n) is 1.84. The van der Waals surface area contributed by atoms with Crippen LogP contribution in [0.4, 0.5) is 4.79 Å². The maximum atomic E-state index is 10.5. The van der Waals surface area contributed by atoms with E-state index in [0.717, 1.165) is 20.9 Å². The van der Waals surface area contributed by atoms with Crippen LogP contribution in [0.15, 0.2) is 34.9 Å². The number of amides is 2. The molecule has 0 aliphatic heterocycles. The largest absolute Gasteiger partial charge is 0.352 e. The van der Waals surface area contributed by atoms with Gasteiger partial charge in [0.05, 0.1) is 5.52 Å². The van der Waals surface area contributed by atoms with E-state index in [1.807, 2.05) is 24.3 Å². The first-order valence-electron chi connectivity index (χ1n) is 5.94. The number of nitrogens with one attached hydrogen (secondary N) is 2. The van der Waals surface area contributed by atoms with Crippen LogP contribution in [0.1, 0.15) is 5.56 Å². The number of urea groups is 1. The second-order valence-electron chi connectivity index (χ2n) is 4.07. The maximum absolute atomic E-state index is 10.5. The number of rotatable bonds is 5. The molecule has 4 N–H and O–H groups in total. The molecule has 100 valence electrons. The van der Waals surface area contributed by atoms with Crippen molar-refractivity contribution in [2.24, 2.45) is 5.73 Å². The van der Waals surface area contributed by atoms with Gasteiger partial charge in [-0.15, -0.1) is 0 Å². The lowest BCUT2D eigenvalue weighted by Crippen LogP contribution is -2.35. The van der Waals surface area contributed by atoms with Crippen LogP contribution in [-0.4, -0.2) is 24.1 Å². The molecular weight excluding hydrogens is 308 g/mol. The summed E-state index contributed by atoms with van der Waals surface area (Å²) in [5, 5.41) is 6.87. The second kappa shape index (κ2) is 6.49. The second-order valence-corrected chi connectivity index (χ2v) is 4.93. The number of primary amides is 1. The molecule has 0 saturated carbocycles. The number of nitrogens with zero attached hydrogens (tertiary/aromatic N) is 1. The minimum Gasteiger partial charge on any atom is -0.352 e. The molecule has 1 aromatic heterocycles. The number of benzene rings is 1. The van der Waals surface area contributed by atoms with Gasteiger partial charge in [0.2, 0.25) is 0 Å². The highest BCUT2D eigenvalue weighted by atomic mass is 79.9. The van der Waals surface area contributed by atoms with Gasteiger partial charge in [-0.1, -0.05) is 28.1 Å². The third-order valence-electron chi connectivity index (χ3n) is 2.72. The number of halogens is 1. The Kier molecular flexibility index (Phi) is 4.70. The highest BCUT2D eigenvalue weighted by Crippen LogP contribution is 2.24. The van der Waals surface area contributed by atoms with E-state index >= 15 is 0 Å². The minimum absolute atomic E-state index is 0.502. The Morgan fingerprint density at radius 2 is 2.16 bits per heavy atom. The highest BCUT2D eigenvalue weighted by Gasteiger charge is 2.04. The zero-order valence-electron chi connectivity index (χ0n) is 10.3. The molecule has 0 spiro atoms. The van der Waals surface area contributed by atoms with Crippen LogP contribution in [0, 0.1) is 0 Å². The van der Waals surface area contributed by atoms with Crippen LogP contribution < -0.4 is 16.4 Å². The third kappa shape index (κ3) is 3.65. The van der Waals surface area contributed by atoms with E-state index in [1.165, 1.54) is 0 Å². The van der Waals surface area contributed by atoms with Gasteiger partial charge in [0, 0.05) is 35.7 Å². The van der Waals surface area contributed by atoms with Crippen molar-refractivity contribution in [3.8, 4) is 0 Å². The average Bonchev–Trinajstić information content (AvgIpc) is 2.41. The third-order valence-corrected chi connectivity index (χ3v) is 3.41. The Hall–Kier alpha value is -1.66.